The Bertz CT molecular complexity index is 854. The van der Waals surface area contributed by atoms with Crippen LogP contribution in [0.25, 0.3) is 5.65 Å². The van der Waals surface area contributed by atoms with Crippen LogP contribution in [0.4, 0.5) is 0 Å². The Morgan fingerprint density at radius 3 is 2.84 bits per heavy atom. The highest BCUT2D eigenvalue weighted by molar-refractivity contribution is 14.0. The summed E-state index contributed by atoms with van der Waals surface area (Å²) in [5, 5.41) is 7.66. The number of rotatable bonds is 5. The van der Waals surface area contributed by atoms with Crippen LogP contribution in [-0.4, -0.2) is 33.9 Å². The predicted molar refractivity (Wildman–Crippen MR) is 114 cm³/mol. The molecule has 0 spiro atoms. The lowest BCUT2D eigenvalue weighted by molar-refractivity contribution is 0.784. The molecule has 0 aliphatic rings. The van der Waals surface area contributed by atoms with Crippen molar-refractivity contribution in [3.63, 3.8) is 0 Å². The van der Waals surface area contributed by atoms with E-state index in [2.05, 4.69) is 56.1 Å². The molecule has 0 saturated carbocycles. The lowest BCUT2D eigenvalue weighted by Gasteiger charge is -2.10. The number of aryl methyl sites for hydroxylation is 2. The van der Waals surface area contributed by atoms with E-state index >= 15 is 0 Å². The van der Waals surface area contributed by atoms with Gasteiger partial charge in [-0.3, -0.25) is 4.99 Å². The second-order valence-corrected chi connectivity index (χ2v) is 6.94. The van der Waals surface area contributed by atoms with Gasteiger partial charge < -0.3 is 15.0 Å². The summed E-state index contributed by atoms with van der Waals surface area (Å²) in [5.41, 5.74) is 3.28. The molecule has 6 nitrogen and oxygen atoms in total. The van der Waals surface area contributed by atoms with E-state index < -0.39 is 0 Å². The first-order valence-corrected chi connectivity index (χ1v) is 8.76. The van der Waals surface area contributed by atoms with Gasteiger partial charge in [-0.25, -0.2) is 9.97 Å². The van der Waals surface area contributed by atoms with E-state index in [4.69, 9.17) is 0 Å². The number of guanidine groups is 1. The third kappa shape index (κ3) is 5.15. The highest BCUT2D eigenvalue weighted by atomic mass is 127. The van der Waals surface area contributed by atoms with Crippen LogP contribution in [0, 0.1) is 13.8 Å². The summed E-state index contributed by atoms with van der Waals surface area (Å²) in [6.45, 7) is 5.60. The fraction of sp³-hybridized carbons (Fsp3) is 0.353. The number of hydrogen-bond donors (Lipinski definition) is 2. The Morgan fingerprint density at radius 2 is 2.16 bits per heavy atom. The summed E-state index contributed by atoms with van der Waals surface area (Å²) >= 11 is 1.70. The van der Waals surface area contributed by atoms with Gasteiger partial charge in [-0.05, 0) is 25.5 Å². The first-order chi connectivity index (χ1) is 11.7. The van der Waals surface area contributed by atoms with Gasteiger partial charge in [-0.2, -0.15) is 0 Å². The van der Waals surface area contributed by atoms with Crippen LogP contribution >= 0.6 is 35.3 Å². The van der Waals surface area contributed by atoms with Gasteiger partial charge in [-0.15, -0.1) is 35.3 Å². The van der Waals surface area contributed by atoms with E-state index in [0.29, 0.717) is 6.54 Å². The van der Waals surface area contributed by atoms with Crippen LogP contribution in [0.1, 0.15) is 21.1 Å². The molecule has 3 aromatic heterocycles. The number of nitrogens with zero attached hydrogens (tertiary/aromatic N) is 4. The number of imidazole rings is 1. The van der Waals surface area contributed by atoms with Crippen molar-refractivity contribution in [1.82, 2.24) is 25.0 Å². The summed E-state index contributed by atoms with van der Waals surface area (Å²) in [5.74, 6) is 0.780. The lowest BCUT2D eigenvalue weighted by Crippen LogP contribution is -2.37. The summed E-state index contributed by atoms with van der Waals surface area (Å²) in [6.07, 6.45) is 6.85. The third-order valence-electron chi connectivity index (χ3n) is 3.70. The molecule has 0 atom stereocenters. The van der Waals surface area contributed by atoms with Crippen LogP contribution in [0.15, 0.2) is 35.7 Å². The summed E-state index contributed by atoms with van der Waals surface area (Å²) in [7, 11) is 1.77. The third-order valence-corrected chi connectivity index (χ3v) is 4.61. The molecule has 0 saturated heterocycles. The molecule has 0 aliphatic heterocycles. The van der Waals surface area contributed by atoms with Gasteiger partial charge in [0.25, 0.3) is 0 Å². The van der Waals surface area contributed by atoms with Crippen LogP contribution in [0.5, 0.6) is 0 Å². The average Bonchev–Trinajstić information content (AvgIpc) is 3.17. The Kier molecular flexibility index (Phi) is 7.18. The molecule has 0 amide bonds. The molecule has 0 aromatic carbocycles. The number of aliphatic imine (C=N–C) groups is 1. The zero-order valence-corrected chi connectivity index (χ0v) is 17.8. The molecule has 2 N–H and O–H groups in total. The van der Waals surface area contributed by atoms with E-state index in [0.717, 1.165) is 35.3 Å². The quantitative estimate of drug-likeness (QED) is 0.342. The van der Waals surface area contributed by atoms with Crippen molar-refractivity contribution in [3.05, 3.63) is 51.9 Å². The molecule has 3 aromatic rings. The van der Waals surface area contributed by atoms with Gasteiger partial charge in [0.2, 0.25) is 0 Å². The number of thiazole rings is 1. The molecular formula is C17H23IN6S. The van der Waals surface area contributed by atoms with Crippen molar-refractivity contribution < 1.29 is 0 Å². The first kappa shape index (κ1) is 19.6. The van der Waals surface area contributed by atoms with Crippen molar-refractivity contribution in [2.24, 2.45) is 4.99 Å². The van der Waals surface area contributed by atoms with E-state index in [-0.39, 0.29) is 24.0 Å². The molecular weight excluding hydrogens is 447 g/mol. The van der Waals surface area contributed by atoms with Gasteiger partial charge in [0.1, 0.15) is 10.7 Å². The maximum Gasteiger partial charge on any atom is 0.191 e. The standard InChI is InChI=1S/C17H22N6S.HI/c1-12-5-4-8-23-11-14(22-16(12)23)6-7-19-17(18-3)21-10-15-20-9-13(2)24-15;/h4-5,8-9,11H,6-7,10H2,1-3H3,(H2,18,19,21);1H. The number of pyridine rings is 1. The molecule has 0 fully saturated rings. The van der Waals surface area contributed by atoms with Crippen LogP contribution in [-0.2, 0) is 13.0 Å². The molecule has 25 heavy (non-hydrogen) atoms. The van der Waals surface area contributed by atoms with Crippen molar-refractivity contribution in [1.29, 1.82) is 0 Å². The Hall–Kier alpha value is -1.68. The Balaban J connectivity index is 0.00000225. The van der Waals surface area contributed by atoms with Gasteiger partial charge in [0, 0.05) is 43.5 Å². The first-order valence-electron chi connectivity index (χ1n) is 7.94. The highest BCUT2D eigenvalue weighted by Crippen LogP contribution is 2.11. The molecule has 0 unspecified atom stereocenters. The zero-order chi connectivity index (χ0) is 16.9. The summed E-state index contributed by atoms with van der Waals surface area (Å²) < 4.78 is 2.07. The monoisotopic (exact) mass is 470 g/mol. The highest BCUT2D eigenvalue weighted by Gasteiger charge is 2.05. The van der Waals surface area contributed by atoms with E-state index in [9.17, 15) is 0 Å². The van der Waals surface area contributed by atoms with Crippen molar-refractivity contribution in [3.8, 4) is 0 Å². The van der Waals surface area contributed by atoms with Crippen LogP contribution < -0.4 is 10.6 Å². The van der Waals surface area contributed by atoms with Crippen molar-refractivity contribution >= 4 is 46.9 Å². The molecule has 8 heteroatoms. The van der Waals surface area contributed by atoms with Crippen LogP contribution in [0.3, 0.4) is 0 Å². The number of nitrogens with one attached hydrogen (secondary N) is 2. The largest absolute Gasteiger partial charge is 0.356 e. The van der Waals surface area contributed by atoms with E-state index in [1.54, 1.807) is 18.4 Å². The summed E-state index contributed by atoms with van der Waals surface area (Å²) in [6, 6.07) is 4.12. The Morgan fingerprint density at radius 1 is 1.32 bits per heavy atom. The van der Waals surface area contributed by atoms with Gasteiger partial charge in [0.15, 0.2) is 5.96 Å². The van der Waals surface area contributed by atoms with Crippen molar-refractivity contribution in [2.45, 2.75) is 26.8 Å². The smallest absolute Gasteiger partial charge is 0.191 e. The zero-order valence-electron chi connectivity index (χ0n) is 14.6. The number of aromatic nitrogens is 3. The summed E-state index contributed by atoms with van der Waals surface area (Å²) in [4.78, 5) is 14.5. The van der Waals surface area contributed by atoms with Crippen LogP contribution in [0.2, 0.25) is 0 Å². The predicted octanol–water partition coefficient (Wildman–Crippen LogP) is 2.93. The molecule has 3 rings (SSSR count). The normalized spacial score (nSPS) is 11.4. The minimum Gasteiger partial charge on any atom is -0.356 e. The molecule has 134 valence electrons. The molecule has 0 aliphatic carbocycles. The second kappa shape index (κ2) is 9.14. The van der Waals surface area contributed by atoms with Crippen molar-refractivity contribution in [2.75, 3.05) is 13.6 Å². The van der Waals surface area contributed by atoms with Gasteiger partial charge in [0.05, 0.1) is 12.2 Å². The number of hydrogen-bond acceptors (Lipinski definition) is 4. The topological polar surface area (TPSA) is 66.6 Å². The van der Waals surface area contributed by atoms with Gasteiger partial charge >= 0.3 is 0 Å². The average molecular weight is 470 g/mol. The minimum absolute atomic E-state index is 0. The minimum atomic E-state index is 0. The fourth-order valence-corrected chi connectivity index (χ4v) is 3.22. The Labute approximate surface area is 168 Å². The number of fused-ring (bicyclic) bond motifs is 1. The maximum absolute atomic E-state index is 4.69. The second-order valence-electron chi connectivity index (χ2n) is 5.62. The van der Waals surface area contributed by atoms with Gasteiger partial charge in [-0.1, -0.05) is 6.07 Å². The lowest BCUT2D eigenvalue weighted by atomic mass is 10.3. The fourth-order valence-electron chi connectivity index (χ4n) is 2.50. The number of halogens is 1. The van der Waals surface area contributed by atoms with E-state index in [1.807, 2.05) is 18.5 Å². The molecule has 0 bridgehead atoms. The van der Waals surface area contributed by atoms with E-state index in [1.165, 1.54) is 10.4 Å². The maximum atomic E-state index is 4.69. The SMILES string of the molecule is CN=C(NCCc1cn2cccc(C)c2n1)NCc1ncc(C)s1.I. The molecule has 3 heterocycles. The molecule has 0 radical (unpaired) electrons.